The number of rotatable bonds is 8. The average molecular weight is 404 g/mol. The maximum absolute atomic E-state index is 11.7. The summed E-state index contributed by atoms with van der Waals surface area (Å²) in [5.74, 6) is 3.06. The number of carbonyl (C=O) groups excluding carboxylic acids is 1. The summed E-state index contributed by atoms with van der Waals surface area (Å²) >= 11 is 0. The first-order valence-electron chi connectivity index (χ1n) is 10.3. The first-order chi connectivity index (χ1) is 14.1. The Morgan fingerprint density at radius 2 is 1.83 bits per heavy atom. The lowest BCUT2D eigenvalue weighted by molar-refractivity contribution is -0.122. The molecule has 1 aliphatic heterocycles. The van der Waals surface area contributed by atoms with Gasteiger partial charge in [-0.15, -0.1) is 0 Å². The van der Waals surface area contributed by atoms with Crippen LogP contribution >= 0.6 is 0 Å². The topological polar surface area (TPSA) is 78.4 Å². The molecule has 1 saturated heterocycles. The van der Waals surface area contributed by atoms with E-state index in [1.54, 1.807) is 21.3 Å². The third-order valence-electron chi connectivity index (χ3n) is 5.42. The zero-order chi connectivity index (χ0) is 20.6. The zero-order valence-electron chi connectivity index (χ0n) is 17.7. The fourth-order valence-corrected chi connectivity index (χ4v) is 3.55. The molecular formula is C21H33N5O3. The van der Waals surface area contributed by atoms with Crippen LogP contribution in [0.2, 0.25) is 0 Å². The normalized spacial score (nSPS) is 17.8. The summed E-state index contributed by atoms with van der Waals surface area (Å²) in [4.78, 5) is 20.8. The van der Waals surface area contributed by atoms with Crippen molar-refractivity contribution in [3.63, 3.8) is 0 Å². The summed E-state index contributed by atoms with van der Waals surface area (Å²) in [5, 5.41) is 6.33. The zero-order valence-corrected chi connectivity index (χ0v) is 17.7. The predicted molar refractivity (Wildman–Crippen MR) is 113 cm³/mol. The molecule has 1 aliphatic carbocycles. The number of hydrogen-bond acceptors (Lipinski definition) is 5. The van der Waals surface area contributed by atoms with E-state index < -0.39 is 0 Å². The number of methoxy groups -OCH3 is 2. The molecule has 0 aromatic heterocycles. The van der Waals surface area contributed by atoms with E-state index >= 15 is 0 Å². The van der Waals surface area contributed by atoms with Crippen LogP contribution in [0.1, 0.15) is 18.4 Å². The molecule has 160 valence electrons. The molecule has 2 fully saturated rings. The largest absolute Gasteiger partial charge is 0.497 e. The maximum atomic E-state index is 11.7. The van der Waals surface area contributed by atoms with Crippen molar-refractivity contribution in [1.82, 2.24) is 20.4 Å². The molecule has 0 bridgehead atoms. The van der Waals surface area contributed by atoms with Gasteiger partial charge < -0.3 is 25.0 Å². The molecule has 8 heteroatoms. The molecule has 1 saturated carbocycles. The van der Waals surface area contributed by atoms with Crippen LogP contribution in [0.3, 0.4) is 0 Å². The second-order valence-electron chi connectivity index (χ2n) is 7.48. The average Bonchev–Trinajstić information content (AvgIpc) is 3.60. The standard InChI is InChI=1S/C21H33N5O3/c1-22-21(24-9-8-23-20(27)16-4-5-16)26-12-10-25(11-13-26)15-17-14-18(28-2)6-7-19(17)29-3/h6-7,14,16H,4-5,8-13,15H2,1-3H3,(H,22,24)(H,23,27). The summed E-state index contributed by atoms with van der Waals surface area (Å²) in [7, 11) is 5.19. The van der Waals surface area contributed by atoms with E-state index in [9.17, 15) is 4.79 Å². The molecule has 1 aromatic carbocycles. The van der Waals surface area contributed by atoms with E-state index in [2.05, 4.69) is 25.4 Å². The second kappa shape index (κ2) is 10.3. The third-order valence-corrected chi connectivity index (χ3v) is 5.42. The maximum Gasteiger partial charge on any atom is 0.223 e. The van der Waals surface area contributed by atoms with Crippen molar-refractivity contribution in [2.24, 2.45) is 10.9 Å². The van der Waals surface area contributed by atoms with Gasteiger partial charge in [0.25, 0.3) is 0 Å². The molecule has 0 spiro atoms. The number of ether oxygens (including phenoxy) is 2. The van der Waals surface area contributed by atoms with Gasteiger partial charge in [-0.25, -0.2) is 0 Å². The Bertz CT molecular complexity index is 712. The van der Waals surface area contributed by atoms with Crippen molar-refractivity contribution in [2.45, 2.75) is 19.4 Å². The van der Waals surface area contributed by atoms with E-state index in [0.717, 1.165) is 68.6 Å². The van der Waals surface area contributed by atoms with Gasteiger partial charge in [-0.3, -0.25) is 14.7 Å². The van der Waals surface area contributed by atoms with Crippen molar-refractivity contribution in [3.05, 3.63) is 23.8 Å². The highest BCUT2D eigenvalue weighted by atomic mass is 16.5. The minimum absolute atomic E-state index is 0.184. The Balaban J connectivity index is 1.43. The summed E-state index contributed by atoms with van der Waals surface area (Å²) in [5.41, 5.74) is 1.13. The molecule has 0 atom stereocenters. The monoisotopic (exact) mass is 403 g/mol. The van der Waals surface area contributed by atoms with E-state index in [4.69, 9.17) is 9.47 Å². The molecule has 2 aliphatic rings. The highest BCUT2D eigenvalue weighted by molar-refractivity contribution is 5.81. The van der Waals surface area contributed by atoms with E-state index in [0.29, 0.717) is 13.1 Å². The minimum atomic E-state index is 0.184. The first kappa shape index (κ1) is 21.2. The molecule has 2 N–H and O–H groups in total. The van der Waals surface area contributed by atoms with Crippen molar-refractivity contribution in [3.8, 4) is 11.5 Å². The number of aliphatic imine (C=N–C) groups is 1. The quantitative estimate of drug-likeness (QED) is 0.382. The lowest BCUT2D eigenvalue weighted by Gasteiger charge is -2.36. The molecule has 0 unspecified atom stereocenters. The van der Waals surface area contributed by atoms with Crippen LogP contribution < -0.4 is 20.1 Å². The fraction of sp³-hybridized carbons (Fsp3) is 0.619. The van der Waals surface area contributed by atoms with Crippen LogP contribution in [0.15, 0.2) is 23.2 Å². The molecule has 8 nitrogen and oxygen atoms in total. The van der Waals surface area contributed by atoms with Gasteiger partial charge in [-0.2, -0.15) is 0 Å². The van der Waals surface area contributed by atoms with Crippen LogP contribution in [0.4, 0.5) is 0 Å². The first-order valence-corrected chi connectivity index (χ1v) is 10.3. The lowest BCUT2D eigenvalue weighted by atomic mass is 10.1. The Morgan fingerprint density at radius 1 is 1.10 bits per heavy atom. The Labute approximate surface area is 173 Å². The molecule has 0 radical (unpaired) electrons. The van der Waals surface area contributed by atoms with Gasteiger partial charge in [0.05, 0.1) is 14.2 Å². The smallest absolute Gasteiger partial charge is 0.223 e. The van der Waals surface area contributed by atoms with Crippen molar-refractivity contribution < 1.29 is 14.3 Å². The number of amides is 1. The second-order valence-corrected chi connectivity index (χ2v) is 7.48. The third kappa shape index (κ3) is 6.00. The highest BCUT2D eigenvalue weighted by Gasteiger charge is 2.29. The molecular weight excluding hydrogens is 370 g/mol. The van der Waals surface area contributed by atoms with Crippen molar-refractivity contribution in [1.29, 1.82) is 0 Å². The number of guanidine groups is 1. The number of nitrogens with zero attached hydrogens (tertiary/aromatic N) is 3. The van der Waals surface area contributed by atoms with Gasteiger partial charge in [0, 0.05) is 64.3 Å². The minimum Gasteiger partial charge on any atom is -0.497 e. The molecule has 3 rings (SSSR count). The van der Waals surface area contributed by atoms with Gasteiger partial charge in [-0.05, 0) is 31.0 Å². The van der Waals surface area contributed by atoms with Crippen LogP contribution in [0.5, 0.6) is 11.5 Å². The van der Waals surface area contributed by atoms with Crippen LogP contribution in [-0.2, 0) is 11.3 Å². The fourth-order valence-electron chi connectivity index (χ4n) is 3.55. The summed E-state index contributed by atoms with van der Waals surface area (Å²) in [6, 6.07) is 5.92. The predicted octanol–water partition coefficient (Wildman–Crippen LogP) is 0.923. The molecule has 29 heavy (non-hydrogen) atoms. The van der Waals surface area contributed by atoms with Gasteiger partial charge >= 0.3 is 0 Å². The van der Waals surface area contributed by atoms with Gasteiger partial charge in [0.2, 0.25) is 5.91 Å². The molecule has 1 aromatic rings. The van der Waals surface area contributed by atoms with E-state index in [-0.39, 0.29) is 11.8 Å². The Morgan fingerprint density at radius 3 is 2.45 bits per heavy atom. The summed E-state index contributed by atoms with van der Waals surface area (Å²) in [6.07, 6.45) is 2.07. The van der Waals surface area contributed by atoms with Crippen molar-refractivity contribution in [2.75, 3.05) is 60.5 Å². The number of piperazine rings is 1. The van der Waals surface area contributed by atoms with Gasteiger partial charge in [-0.1, -0.05) is 0 Å². The Hall–Kier alpha value is -2.48. The summed E-state index contributed by atoms with van der Waals surface area (Å²) < 4.78 is 10.9. The Kier molecular flexibility index (Phi) is 7.57. The summed E-state index contributed by atoms with van der Waals surface area (Å²) in [6.45, 7) is 5.84. The number of nitrogens with one attached hydrogen (secondary N) is 2. The van der Waals surface area contributed by atoms with Gasteiger partial charge in [0.15, 0.2) is 5.96 Å². The van der Waals surface area contributed by atoms with Crippen LogP contribution in [0.25, 0.3) is 0 Å². The van der Waals surface area contributed by atoms with Crippen molar-refractivity contribution >= 4 is 11.9 Å². The van der Waals surface area contributed by atoms with Crippen LogP contribution in [0, 0.1) is 5.92 Å². The highest BCUT2D eigenvalue weighted by Crippen LogP contribution is 2.28. The molecule has 1 heterocycles. The molecule has 1 amide bonds. The van der Waals surface area contributed by atoms with Crippen LogP contribution in [-0.4, -0.2) is 82.2 Å². The number of benzene rings is 1. The van der Waals surface area contributed by atoms with E-state index in [1.165, 1.54) is 0 Å². The SMILES string of the molecule is CN=C(NCCNC(=O)C1CC1)N1CCN(Cc2cc(OC)ccc2OC)CC1. The number of hydrogen-bond donors (Lipinski definition) is 2. The van der Waals surface area contributed by atoms with E-state index in [1.807, 2.05) is 18.2 Å². The van der Waals surface area contributed by atoms with Gasteiger partial charge in [0.1, 0.15) is 11.5 Å². The lowest BCUT2D eigenvalue weighted by Crippen LogP contribution is -2.53. The number of carbonyl (C=O) groups is 1.